The molecule has 1 saturated heterocycles. The van der Waals surface area contributed by atoms with Crippen LogP contribution in [0.25, 0.3) is 0 Å². The molecule has 2 rings (SSSR count). The van der Waals surface area contributed by atoms with Crippen LogP contribution in [0, 0.1) is 5.92 Å². The number of nitrogens with zero attached hydrogens (tertiary/aromatic N) is 2. The summed E-state index contributed by atoms with van der Waals surface area (Å²) in [5.41, 5.74) is 0. The van der Waals surface area contributed by atoms with Gasteiger partial charge < -0.3 is 5.11 Å². The monoisotopic (exact) mass is 362 g/mol. The van der Waals surface area contributed by atoms with E-state index < -0.39 is 11.9 Å². The van der Waals surface area contributed by atoms with Gasteiger partial charge in [-0.1, -0.05) is 0 Å². The maximum absolute atomic E-state index is 11.7. The van der Waals surface area contributed by atoms with Gasteiger partial charge >= 0.3 is 5.97 Å². The molecule has 1 unspecified atom stereocenters. The number of amides is 1. The summed E-state index contributed by atoms with van der Waals surface area (Å²) in [5, 5.41) is 8.89. The molecule has 0 aromatic carbocycles. The first-order chi connectivity index (χ1) is 7.99. The summed E-state index contributed by atoms with van der Waals surface area (Å²) >= 11 is 6.57. The van der Waals surface area contributed by atoms with Gasteiger partial charge in [0, 0.05) is 23.6 Å². The number of aromatic nitrogens is 1. The first-order valence-corrected chi connectivity index (χ1v) is 6.42. The number of hydrogen-bond acceptors (Lipinski definition) is 3. The van der Waals surface area contributed by atoms with Gasteiger partial charge in [-0.2, -0.15) is 0 Å². The number of carboxylic acids is 1. The van der Waals surface area contributed by atoms with E-state index in [1.807, 2.05) is 0 Å². The number of carboxylic acid groups (broad SMARTS) is 1. The van der Waals surface area contributed by atoms with E-state index in [2.05, 4.69) is 36.8 Å². The van der Waals surface area contributed by atoms with Crippen molar-refractivity contribution in [3.63, 3.8) is 0 Å². The number of anilines is 1. The van der Waals surface area contributed by atoms with E-state index >= 15 is 0 Å². The van der Waals surface area contributed by atoms with Crippen LogP contribution in [-0.2, 0) is 9.59 Å². The zero-order valence-electron chi connectivity index (χ0n) is 8.56. The summed E-state index contributed by atoms with van der Waals surface area (Å²) < 4.78 is 1.45. The van der Waals surface area contributed by atoms with E-state index in [0.29, 0.717) is 10.3 Å². The van der Waals surface area contributed by atoms with Crippen LogP contribution in [0.3, 0.4) is 0 Å². The summed E-state index contributed by atoms with van der Waals surface area (Å²) in [7, 11) is 0. The van der Waals surface area contributed by atoms with Crippen LogP contribution >= 0.6 is 31.9 Å². The number of pyridine rings is 1. The molecule has 1 aromatic heterocycles. The molecule has 1 N–H and O–H groups in total. The van der Waals surface area contributed by atoms with E-state index in [-0.39, 0.29) is 18.9 Å². The van der Waals surface area contributed by atoms with Crippen LogP contribution in [0.15, 0.2) is 21.2 Å². The molecule has 5 nitrogen and oxygen atoms in total. The van der Waals surface area contributed by atoms with Crippen molar-refractivity contribution in [1.82, 2.24) is 4.98 Å². The van der Waals surface area contributed by atoms with Gasteiger partial charge in [-0.25, -0.2) is 4.98 Å². The lowest BCUT2D eigenvalue weighted by atomic mass is 10.1. The average molecular weight is 364 g/mol. The second kappa shape index (κ2) is 4.73. The number of carbonyl (C=O) groups is 2. The van der Waals surface area contributed by atoms with Crippen molar-refractivity contribution in [1.29, 1.82) is 0 Å². The van der Waals surface area contributed by atoms with E-state index in [1.54, 1.807) is 12.3 Å². The van der Waals surface area contributed by atoms with Crippen LogP contribution in [0.5, 0.6) is 0 Å². The molecule has 7 heteroatoms. The fourth-order valence-electron chi connectivity index (χ4n) is 1.68. The van der Waals surface area contributed by atoms with E-state index in [0.717, 1.165) is 4.47 Å². The molecule has 1 fully saturated rings. The molecule has 0 spiro atoms. The molecule has 0 bridgehead atoms. The Balaban J connectivity index is 2.29. The zero-order chi connectivity index (χ0) is 12.6. The Morgan fingerprint density at radius 1 is 1.53 bits per heavy atom. The molecule has 90 valence electrons. The molecule has 17 heavy (non-hydrogen) atoms. The van der Waals surface area contributed by atoms with Crippen LogP contribution in [0.2, 0.25) is 0 Å². The Hall–Kier alpha value is -0.950. The van der Waals surface area contributed by atoms with Gasteiger partial charge in [-0.05, 0) is 37.9 Å². The minimum atomic E-state index is -0.950. The molecule has 0 radical (unpaired) electrons. The van der Waals surface area contributed by atoms with Crippen molar-refractivity contribution in [3.05, 3.63) is 21.2 Å². The minimum absolute atomic E-state index is 0.0273. The second-order valence-electron chi connectivity index (χ2n) is 3.70. The lowest BCUT2D eigenvalue weighted by molar-refractivity contribution is -0.141. The molecule has 1 aliphatic rings. The Kier molecular flexibility index (Phi) is 3.48. The molecule has 1 atom stereocenters. The van der Waals surface area contributed by atoms with Gasteiger partial charge in [0.25, 0.3) is 0 Å². The quantitative estimate of drug-likeness (QED) is 0.872. The van der Waals surface area contributed by atoms with Crippen LogP contribution in [0.4, 0.5) is 5.82 Å². The fraction of sp³-hybridized carbons (Fsp3) is 0.300. The zero-order valence-corrected chi connectivity index (χ0v) is 11.7. The molecular weight excluding hydrogens is 356 g/mol. The van der Waals surface area contributed by atoms with Gasteiger partial charge in [0.05, 0.1) is 10.4 Å². The van der Waals surface area contributed by atoms with Crippen molar-refractivity contribution < 1.29 is 14.7 Å². The summed E-state index contributed by atoms with van der Waals surface area (Å²) in [6.45, 7) is 0.168. The number of rotatable bonds is 2. The molecule has 1 aromatic rings. The maximum atomic E-state index is 11.7. The Morgan fingerprint density at radius 3 is 2.76 bits per heavy atom. The minimum Gasteiger partial charge on any atom is -0.481 e. The Labute approximate surface area is 114 Å². The predicted octanol–water partition coefficient (Wildman–Crippen LogP) is 2.04. The predicted molar refractivity (Wildman–Crippen MR) is 67.7 cm³/mol. The van der Waals surface area contributed by atoms with Gasteiger partial charge in [-0.3, -0.25) is 14.5 Å². The SMILES string of the molecule is O=C(O)C1CC(=O)N(c2ncc(Br)cc2Br)C1. The molecule has 0 aliphatic carbocycles. The van der Waals surface area contributed by atoms with E-state index in [9.17, 15) is 9.59 Å². The van der Waals surface area contributed by atoms with Gasteiger partial charge in [-0.15, -0.1) is 0 Å². The standard InChI is InChI=1S/C10H8Br2N2O3/c11-6-2-7(12)9(13-3-6)14-4-5(10(16)17)1-8(14)15/h2-3,5H,1,4H2,(H,16,17). The molecule has 2 heterocycles. The van der Waals surface area contributed by atoms with Crippen molar-refractivity contribution >= 4 is 49.6 Å². The van der Waals surface area contributed by atoms with Crippen molar-refractivity contribution in [2.75, 3.05) is 11.4 Å². The Morgan fingerprint density at radius 2 is 2.24 bits per heavy atom. The maximum Gasteiger partial charge on any atom is 0.308 e. The second-order valence-corrected chi connectivity index (χ2v) is 5.47. The van der Waals surface area contributed by atoms with Crippen LogP contribution < -0.4 is 4.90 Å². The first-order valence-electron chi connectivity index (χ1n) is 4.83. The highest BCUT2D eigenvalue weighted by Crippen LogP contribution is 2.31. The normalized spacial score (nSPS) is 19.8. The smallest absolute Gasteiger partial charge is 0.308 e. The summed E-state index contributed by atoms with van der Waals surface area (Å²) in [5.74, 6) is -1.36. The number of carbonyl (C=O) groups excluding carboxylic acids is 1. The van der Waals surface area contributed by atoms with Crippen molar-refractivity contribution in [3.8, 4) is 0 Å². The van der Waals surface area contributed by atoms with Gasteiger partial charge in [0.2, 0.25) is 5.91 Å². The third-order valence-corrected chi connectivity index (χ3v) is 3.54. The number of aliphatic carboxylic acids is 1. The third kappa shape index (κ3) is 2.50. The highest BCUT2D eigenvalue weighted by Gasteiger charge is 2.36. The lowest BCUT2D eigenvalue weighted by Crippen LogP contribution is -2.27. The van der Waals surface area contributed by atoms with E-state index in [4.69, 9.17) is 5.11 Å². The fourth-order valence-corrected chi connectivity index (χ4v) is 2.89. The first kappa shape index (κ1) is 12.5. The van der Waals surface area contributed by atoms with E-state index in [1.165, 1.54) is 4.90 Å². The molecule has 0 saturated carbocycles. The number of halogens is 2. The Bertz CT molecular complexity index is 492. The third-order valence-electron chi connectivity index (χ3n) is 2.52. The van der Waals surface area contributed by atoms with Crippen LogP contribution in [0.1, 0.15) is 6.42 Å². The van der Waals surface area contributed by atoms with Gasteiger partial charge in [0.15, 0.2) is 0 Å². The molecule has 1 aliphatic heterocycles. The largest absolute Gasteiger partial charge is 0.481 e. The van der Waals surface area contributed by atoms with Crippen molar-refractivity contribution in [2.24, 2.45) is 5.92 Å². The highest BCUT2D eigenvalue weighted by atomic mass is 79.9. The lowest BCUT2D eigenvalue weighted by Gasteiger charge is -2.16. The summed E-state index contributed by atoms with van der Waals surface area (Å²) in [6.07, 6.45) is 1.60. The topological polar surface area (TPSA) is 70.5 Å². The summed E-state index contributed by atoms with van der Waals surface area (Å²) in [6, 6.07) is 1.77. The number of hydrogen-bond donors (Lipinski definition) is 1. The summed E-state index contributed by atoms with van der Waals surface area (Å²) in [4.78, 5) is 28.1. The van der Waals surface area contributed by atoms with Gasteiger partial charge in [0.1, 0.15) is 5.82 Å². The molecular formula is C10H8Br2N2O3. The molecule has 1 amide bonds. The van der Waals surface area contributed by atoms with Crippen LogP contribution in [-0.4, -0.2) is 28.5 Å². The average Bonchev–Trinajstić information content (AvgIpc) is 2.61. The highest BCUT2D eigenvalue weighted by molar-refractivity contribution is 9.11. The van der Waals surface area contributed by atoms with Crippen molar-refractivity contribution in [2.45, 2.75) is 6.42 Å².